The van der Waals surface area contributed by atoms with Crippen LogP contribution in [-0.4, -0.2) is 36.1 Å². The molecule has 1 atom stereocenters. The van der Waals surface area contributed by atoms with Gasteiger partial charge in [0.25, 0.3) is 11.8 Å². The van der Waals surface area contributed by atoms with Gasteiger partial charge in [-0.05, 0) is 51.7 Å². The molecule has 1 unspecified atom stereocenters. The third kappa shape index (κ3) is 4.43. The Morgan fingerprint density at radius 1 is 1.28 bits per heavy atom. The van der Waals surface area contributed by atoms with E-state index in [4.69, 9.17) is 19.9 Å². The Hall–Kier alpha value is -3.07. The first kappa shape index (κ1) is 22.1. The average molecular weight is 459 g/mol. The van der Waals surface area contributed by atoms with Crippen LogP contribution in [0.3, 0.4) is 0 Å². The summed E-state index contributed by atoms with van der Waals surface area (Å²) >= 11 is 1.35. The molecule has 4 rings (SSSR count). The molecule has 1 aliphatic heterocycles. The number of nitrogens with two attached hydrogens (primary N) is 1. The number of nitrogens with one attached hydrogen (secondary N) is 1. The first-order valence-electron chi connectivity index (χ1n) is 10.5. The van der Waals surface area contributed by atoms with Crippen LogP contribution >= 0.6 is 11.3 Å². The summed E-state index contributed by atoms with van der Waals surface area (Å²) in [5, 5.41) is 3.09. The molecule has 0 radical (unpaired) electrons. The molecule has 0 saturated carbocycles. The van der Waals surface area contributed by atoms with Crippen LogP contribution in [0.2, 0.25) is 0 Å². The van der Waals surface area contributed by atoms with Gasteiger partial charge in [0.15, 0.2) is 24.2 Å². The van der Waals surface area contributed by atoms with Gasteiger partial charge in [0.1, 0.15) is 10.6 Å². The van der Waals surface area contributed by atoms with E-state index < -0.39 is 23.9 Å². The van der Waals surface area contributed by atoms with E-state index in [0.717, 1.165) is 41.7 Å². The van der Waals surface area contributed by atoms with Crippen molar-refractivity contribution in [1.82, 2.24) is 0 Å². The van der Waals surface area contributed by atoms with E-state index in [1.165, 1.54) is 18.3 Å². The summed E-state index contributed by atoms with van der Waals surface area (Å²) in [6, 6.07) is 5.53. The molecule has 32 heavy (non-hydrogen) atoms. The van der Waals surface area contributed by atoms with E-state index in [2.05, 4.69) is 5.32 Å². The smallest absolute Gasteiger partial charge is 0.344 e. The minimum Gasteiger partial charge on any atom is -0.483 e. The van der Waals surface area contributed by atoms with E-state index in [1.807, 2.05) is 26.0 Å². The van der Waals surface area contributed by atoms with Crippen molar-refractivity contribution in [2.24, 2.45) is 5.73 Å². The van der Waals surface area contributed by atoms with Gasteiger partial charge in [0.2, 0.25) is 0 Å². The van der Waals surface area contributed by atoms with Crippen molar-refractivity contribution in [3.8, 4) is 11.5 Å². The van der Waals surface area contributed by atoms with Gasteiger partial charge in [0, 0.05) is 16.9 Å². The lowest BCUT2D eigenvalue weighted by Crippen LogP contribution is -2.32. The summed E-state index contributed by atoms with van der Waals surface area (Å²) in [6.07, 6.45) is 2.28. The molecular formula is C23H26N2O6S. The number of aryl methyl sites for hydroxylation is 1. The normalized spacial score (nSPS) is 16.5. The first-order chi connectivity index (χ1) is 15.1. The first-order valence-corrected chi connectivity index (χ1v) is 11.3. The Morgan fingerprint density at radius 3 is 2.81 bits per heavy atom. The Kier molecular flexibility index (Phi) is 5.85. The van der Waals surface area contributed by atoms with Crippen LogP contribution in [0.25, 0.3) is 0 Å². The van der Waals surface area contributed by atoms with Crippen molar-refractivity contribution >= 4 is 34.1 Å². The molecule has 8 nitrogen and oxygen atoms in total. The molecule has 2 heterocycles. The van der Waals surface area contributed by atoms with Gasteiger partial charge in [-0.2, -0.15) is 0 Å². The van der Waals surface area contributed by atoms with Crippen LogP contribution in [0.15, 0.2) is 18.2 Å². The van der Waals surface area contributed by atoms with E-state index in [9.17, 15) is 14.4 Å². The third-order valence-corrected chi connectivity index (χ3v) is 6.69. The van der Waals surface area contributed by atoms with Gasteiger partial charge in [0.05, 0.1) is 5.56 Å². The van der Waals surface area contributed by atoms with Crippen LogP contribution in [0, 0.1) is 0 Å². The summed E-state index contributed by atoms with van der Waals surface area (Å²) in [5.41, 5.74) is 7.48. The van der Waals surface area contributed by atoms with Crippen molar-refractivity contribution < 1.29 is 28.6 Å². The molecule has 0 fully saturated rings. The van der Waals surface area contributed by atoms with Crippen LogP contribution in [-0.2, 0) is 33.6 Å². The fourth-order valence-electron chi connectivity index (χ4n) is 4.09. The number of primary amides is 1. The molecular weight excluding hydrogens is 432 g/mol. The van der Waals surface area contributed by atoms with Crippen molar-refractivity contribution in [1.29, 1.82) is 0 Å². The number of fused-ring (bicyclic) bond motifs is 2. The molecule has 2 aromatic rings. The molecule has 1 aliphatic carbocycles. The average Bonchev–Trinajstić information content (AvgIpc) is 3.36. The number of rotatable bonds is 7. The van der Waals surface area contributed by atoms with Gasteiger partial charge in [-0.3, -0.25) is 9.59 Å². The van der Waals surface area contributed by atoms with E-state index in [1.54, 1.807) is 6.07 Å². The van der Waals surface area contributed by atoms with Crippen LogP contribution < -0.4 is 20.5 Å². The van der Waals surface area contributed by atoms with Gasteiger partial charge in [-0.25, -0.2) is 4.79 Å². The quantitative estimate of drug-likeness (QED) is 0.616. The number of thiophene rings is 1. The lowest BCUT2D eigenvalue weighted by molar-refractivity contribution is -0.155. The minimum absolute atomic E-state index is 0.333. The maximum atomic E-state index is 12.6. The zero-order valence-electron chi connectivity index (χ0n) is 18.3. The summed E-state index contributed by atoms with van der Waals surface area (Å²) in [5.74, 6) is -0.710. The number of carbonyl (C=O) groups is 3. The minimum atomic E-state index is -1.07. The SMILES string of the molecule is CC(OC(=O)COc1cccc2c1OC(C)(C)C2)C(=O)Nc1sc2c(c1C(N)=O)CCC2. The Labute approximate surface area is 190 Å². The predicted molar refractivity (Wildman–Crippen MR) is 119 cm³/mol. The standard InChI is InChI=1S/C23H26N2O6S/c1-12(21(28)25-22-18(20(24)27)14-7-5-9-16(14)32-22)30-17(26)11-29-15-8-4-6-13-10-23(2,3)31-19(13)15/h4,6,8,12H,5,7,9-11H2,1-3H3,(H2,24,27)(H,25,28). The number of benzene rings is 1. The lowest BCUT2D eigenvalue weighted by atomic mass is 10.0. The van der Waals surface area contributed by atoms with Crippen molar-refractivity contribution in [3.05, 3.63) is 39.8 Å². The summed E-state index contributed by atoms with van der Waals surface area (Å²) in [4.78, 5) is 37.8. The summed E-state index contributed by atoms with van der Waals surface area (Å²) in [6.45, 7) is 5.07. The molecule has 2 aliphatic rings. The molecule has 1 aromatic heterocycles. The summed E-state index contributed by atoms with van der Waals surface area (Å²) in [7, 11) is 0. The number of esters is 1. The van der Waals surface area contributed by atoms with E-state index >= 15 is 0 Å². The highest BCUT2D eigenvalue weighted by atomic mass is 32.1. The molecule has 1 aromatic carbocycles. The number of ether oxygens (including phenoxy) is 3. The maximum Gasteiger partial charge on any atom is 0.344 e. The lowest BCUT2D eigenvalue weighted by Gasteiger charge is -2.18. The maximum absolute atomic E-state index is 12.6. The van der Waals surface area contributed by atoms with Gasteiger partial charge in [-0.15, -0.1) is 11.3 Å². The molecule has 0 saturated heterocycles. The van der Waals surface area contributed by atoms with Gasteiger partial charge in [-0.1, -0.05) is 12.1 Å². The van der Waals surface area contributed by atoms with Crippen LogP contribution in [0.5, 0.6) is 11.5 Å². The fourth-order valence-corrected chi connectivity index (χ4v) is 5.39. The predicted octanol–water partition coefficient (Wildman–Crippen LogP) is 3.00. The number of anilines is 1. The monoisotopic (exact) mass is 458 g/mol. The number of hydrogen-bond donors (Lipinski definition) is 2. The van der Waals surface area contributed by atoms with Gasteiger partial charge < -0.3 is 25.3 Å². The zero-order valence-corrected chi connectivity index (χ0v) is 19.1. The number of carbonyl (C=O) groups excluding carboxylic acids is 3. The van der Waals surface area contributed by atoms with Crippen molar-refractivity contribution in [2.45, 2.75) is 58.2 Å². The van der Waals surface area contributed by atoms with E-state index in [0.29, 0.717) is 22.1 Å². The van der Waals surface area contributed by atoms with Crippen LogP contribution in [0.4, 0.5) is 5.00 Å². The fraction of sp³-hybridized carbons (Fsp3) is 0.435. The number of amides is 2. The van der Waals surface area contributed by atoms with Crippen molar-refractivity contribution in [2.75, 3.05) is 11.9 Å². The Morgan fingerprint density at radius 2 is 2.06 bits per heavy atom. The second-order valence-electron chi connectivity index (χ2n) is 8.62. The number of para-hydroxylation sites is 1. The molecule has 3 N–H and O–H groups in total. The Balaban J connectivity index is 1.34. The third-order valence-electron chi connectivity index (χ3n) is 5.48. The van der Waals surface area contributed by atoms with E-state index in [-0.39, 0.29) is 12.2 Å². The topological polar surface area (TPSA) is 117 Å². The highest BCUT2D eigenvalue weighted by molar-refractivity contribution is 7.17. The zero-order chi connectivity index (χ0) is 23.0. The molecule has 9 heteroatoms. The number of hydrogen-bond acceptors (Lipinski definition) is 7. The second-order valence-corrected chi connectivity index (χ2v) is 9.72. The van der Waals surface area contributed by atoms with Gasteiger partial charge >= 0.3 is 5.97 Å². The van der Waals surface area contributed by atoms with Crippen LogP contribution in [0.1, 0.15) is 53.6 Å². The molecule has 0 bridgehead atoms. The largest absolute Gasteiger partial charge is 0.483 e. The Bertz CT molecular complexity index is 1090. The van der Waals surface area contributed by atoms with Crippen molar-refractivity contribution in [3.63, 3.8) is 0 Å². The molecule has 2 amide bonds. The molecule has 170 valence electrons. The highest BCUT2D eigenvalue weighted by Gasteiger charge is 2.32. The molecule has 0 spiro atoms. The summed E-state index contributed by atoms with van der Waals surface area (Å²) < 4.78 is 16.7. The highest BCUT2D eigenvalue weighted by Crippen LogP contribution is 2.42. The second kappa shape index (κ2) is 8.46.